The van der Waals surface area contributed by atoms with Crippen molar-refractivity contribution < 1.29 is 9.47 Å². The van der Waals surface area contributed by atoms with E-state index in [1.165, 1.54) is 37.9 Å². The van der Waals surface area contributed by atoms with E-state index < -0.39 is 0 Å². The van der Waals surface area contributed by atoms with Crippen LogP contribution >= 0.6 is 0 Å². The Morgan fingerprint density at radius 1 is 0.708 bits per heavy atom. The first-order valence-corrected chi connectivity index (χ1v) is 8.44. The molecule has 0 spiro atoms. The first kappa shape index (κ1) is 14.0. The van der Waals surface area contributed by atoms with Gasteiger partial charge in [0.25, 0.3) is 0 Å². The van der Waals surface area contributed by atoms with Gasteiger partial charge in [-0.3, -0.25) is 0 Å². The molecule has 1 fully saturated rings. The third-order valence-electron chi connectivity index (χ3n) is 4.92. The molecule has 1 atom stereocenters. The molecule has 1 aliphatic rings. The van der Waals surface area contributed by atoms with E-state index in [-0.39, 0.29) is 6.10 Å². The molecule has 0 amide bonds. The maximum absolute atomic E-state index is 5.98. The second kappa shape index (κ2) is 5.59. The number of fused-ring (bicyclic) bond motifs is 4. The fourth-order valence-electron chi connectivity index (χ4n) is 3.77. The molecule has 4 aromatic carbocycles. The van der Waals surface area contributed by atoms with Crippen LogP contribution < -0.4 is 0 Å². The molecule has 2 heteroatoms. The third kappa shape index (κ3) is 2.19. The second-order valence-electron chi connectivity index (χ2n) is 6.37. The minimum absolute atomic E-state index is 0.0134. The zero-order valence-electron chi connectivity index (χ0n) is 13.4. The SMILES string of the molecule is c1ccc2cc3c(ccc4cccc(C5COCCO5)c43)cc2c1. The number of ether oxygens (including phenoxy) is 2. The van der Waals surface area contributed by atoms with Crippen LogP contribution in [0.1, 0.15) is 11.7 Å². The molecule has 1 aliphatic heterocycles. The first-order chi connectivity index (χ1) is 11.9. The molecule has 1 unspecified atom stereocenters. The number of hydrogen-bond donors (Lipinski definition) is 0. The molecule has 1 saturated heterocycles. The van der Waals surface area contributed by atoms with Gasteiger partial charge in [-0.1, -0.05) is 54.6 Å². The zero-order valence-corrected chi connectivity index (χ0v) is 13.4. The number of rotatable bonds is 1. The van der Waals surface area contributed by atoms with Crippen LogP contribution in [0, 0.1) is 0 Å². The maximum atomic E-state index is 5.98. The average Bonchev–Trinajstić information content (AvgIpc) is 2.66. The molecule has 0 aromatic heterocycles. The van der Waals surface area contributed by atoms with E-state index in [4.69, 9.17) is 9.47 Å². The van der Waals surface area contributed by atoms with E-state index >= 15 is 0 Å². The van der Waals surface area contributed by atoms with Gasteiger partial charge < -0.3 is 9.47 Å². The van der Waals surface area contributed by atoms with Crippen LogP contribution in [-0.2, 0) is 9.47 Å². The van der Waals surface area contributed by atoms with Gasteiger partial charge in [-0.15, -0.1) is 0 Å². The molecule has 0 radical (unpaired) electrons. The Balaban J connectivity index is 1.86. The molecule has 0 saturated carbocycles. The standard InChI is InChI=1S/C22H18O2/c1-2-5-17-13-20-18(12-16(17)4-1)9-8-15-6-3-7-19(22(15)20)21-14-23-10-11-24-21/h1-9,12-13,21H,10-11,14H2. The molecule has 4 aromatic rings. The van der Waals surface area contributed by atoms with E-state index in [1.54, 1.807) is 0 Å². The lowest BCUT2D eigenvalue weighted by Gasteiger charge is -2.25. The minimum Gasteiger partial charge on any atom is -0.376 e. The molecule has 0 aliphatic carbocycles. The second-order valence-corrected chi connectivity index (χ2v) is 6.37. The summed E-state index contributed by atoms with van der Waals surface area (Å²) < 4.78 is 11.6. The van der Waals surface area contributed by atoms with Gasteiger partial charge in [0, 0.05) is 0 Å². The van der Waals surface area contributed by atoms with E-state index in [9.17, 15) is 0 Å². The van der Waals surface area contributed by atoms with Crippen molar-refractivity contribution in [1.29, 1.82) is 0 Å². The lowest BCUT2D eigenvalue weighted by atomic mass is 9.93. The molecule has 5 rings (SSSR count). The van der Waals surface area contributed by atoms with Gasteiger partial charge in [0.15, 0.2) is 0 Å². The summed E-state index contributed by atoms with van der Waals surface area (Å²) in [6.07, 6.45) is 0.0134. The number of benzene rings is 4. The van der Waals surface area contributed by atoms with Gasteiger partial charge in [0.1, 0.15) is 6.10 Å². The predicted octanol–water partition coefficient (Wildman–Crippen LogP) is 5.23. The zero-order chi connectivity index (χ0) is 15.9. The predicted molar refractivity (Wildman–Crippen MR) is 98.5 cm³/mol. The first-order valence-electron chi connectivity index (χ1n) is 8.44. The largest absolute Gasteiger partial charge is 0.376 e. The highest BCUT2D eigenvalue weighted by Gasteiger charge is 2.20. The summed E-state index contributed by atoms with van der Waals surface area (Å²) in [5.41, 5.74) is 1.23. The Hall–Kier alpha value is -2.42. The van der Waals surface area contributed by atoms with E-state index in [2.05, 4.69) is 66.7 Å². The average molecular weight is 314 g/mol. The summed E-state index contributed by atoms with van der Waals surface area (Å²) >= 11 is 0. The van der Waals surface area contributed by atoms with Crippen LogP contribution in [0.5, 0.6) is 0 Å². The molecular formula is C22H18O2. The number of hydrogen-bond acceptors (Lipinski definition) is 2. The van der Waals surface area contributed by atoms with Crippen molar-refractivity contribution in [3.05, 3.63) is 72.3 Å². The minimum atomic E-state index is 0.0134. The summed E-state index contributed by atoms with van der Waals surface area (Å²) in [4.78, 5) is 0. The van der Waals surface area contributed by atoms with E-state index in [1.807, 2.05) is 0 Å². The lowest BCUT2D eigenvalue weighted by molar-refractivity contribution is -0.0895. The van der Waals surface area contributed by atoms with Crippen LogP contribution in [0.2, 0.25) is 0 Å². The summed E-state index contributed by atoms with van der Waals surface area (Å²) in [7, 11) is 0. The topological polar surface area (TPSA) is 18.5 Å². The van der Waals surface area contributed by atoms with Gasteiger partial charge in [-0.05, 0) is 50.0 Å². The van der Waals surface area contributed by atoms with E-state index in [0.29, 0.717) is 19.8 Å². The molecule has 0 bridgehead atoms. The quantitative estimate of drug-likeness (QED) is 0.353. The van der Waals surface area contributed by atoms with Crippen LogP contribution in [0.4, 0.5) is 0 Å². The Morgan fingerprint density at radius 2 is 1.50 bits per heavy atom. The highest BCUT2D eigenvalue weighted by molar-refractivity contribution is 6.13. The van der Waals surface area contributed by atoms with Crippen molar-refractivity contribution in [2.45, 2.75) is 6.10 Å². The van der Waals surface area contributed by atoms with Crippen molar-refractivity contribution in [3.8, 4) is 0 Å². The van der Waals surface area contributed by atoms with Crippen molar-refractivity contribution >= 4 is 32.3 Å². The van der Waals surface area contributed by atoms with Crippen LogP contribution in [0.25, 0.3) is 32.3 Å². The molecular weight excluding hydrogens is 296 g/mol. The Kier molecular flexibility index (Phi) is 3.25. The van der Waals surface area contributed by atoms with Crippen LogP contribution in [-0.4, -0.2) is 19.8 Å². The summed E-state index contributed by atoms with van der Waals surface area (Å²) in [6, 6.07) is 24.0. The monoisotopic (exact) mass is 314 g/mol. The Labute approximate surface area is 140 Å². The van der Waals surface area contributed by atoms with Gasteiger partial charge in [-0.25, -0.2) is 0 Å². The smallest absolute Gasteiger partial charge is 0.107 e. The fourth-order valence-corrected chi connectivity index (χ4v) is 3.77. The lowest BCUT2D eigenvalue weighted by Crippen LogP contribution is -2.22. The fraction of sp³-hybridized carbons (Fsp3) is 0.182. The highest BCUT2D eigenvalue weighted by atomic mass is 16.6. The summed E-state index contributed by atoms with van der Waals surface area (Å²) in [5, 5.41) is 7.65. The van der Waals surface area contributed by atoms with E-state index in [0.717, 1.165) is 0 Å². The third-order valence-corrected chi connectivity index (χ3v) is 4.92. The van der Waals surface area contributed by atoms with Gasteiger partial charge >= 0.3 is 0 Å². The molecule has 0 N–H and O–H groups in total. The molecule has 118 valence electrons. The Bertz CT molecular complexity index is 1050. The molecule has 1 heterocycles. The normalized spacial score (nSPS) is 18.4. The van der Waals surface area contributed by atoms with Gasteiger partial charge in [0.2, 0.25) is 0 Å². The van der Waals surface area contributed by atoms with Crippen molar-refractivity contribution in [2.75, 3.05) is 19.8 Å². The Morgan fingerprint density at radius 3 is 2.33 bits per heavy atom. The maximum Gasteiger partial charge on any atom is 0.107 e. The summed E-state index contributed by atoms with van der Waals surface area (Å²) in [6.45, 7) is 1.98. The van der Waals surface area contributed by atoms with Crippen LogP contribution in [0.15, 0.2) is 66.7 Å². The summed E-state index contributed by atoms with van der Waals surface area (Å²) in [5.74, 6) is 0. The molecule has 24 heavy (non-hydrogen) atoms. The highest BCUT2D eigenvalue weighted by Crippen LogP contribution is 2.35. The van der Waals surface area contributed by atoms with Gasteiger partial charge in [-0.2, -0.15) is 0 Å². The van der Waals surface area contributed by atoms with Crippen molar-refractivity contribution in [1.82, 2.24) is 0 Å². The van der Waals surface area contributed by atoms with Crippen LogP contribution in [0.3, 0.4) is 0 Å². The van der Waals surface area contributed by atoms with Crippen molar-refractivity contribution in [2.24, 2.45) is 0 Å². The van der Waals surface area contributed by atoms with Gasteiger partial charge in [0.05, 0.1) is 19.8 Å². The molecule has 2 nitrogen and oxygen atoms in total. The van der Waals surface area contributed by atoms with Crippen molar-refractivity contribution in [3.63, 3.8) is 0 Å².